The van der Waals surface area contributed by atoms with Gasteiger partial charge in [-0.25, -0.2) is 0 Å². The fourth-order valence-electron chi connectivity index (χ4n) is 1.88. The minimum absolute atomic E-state index is 0.0426. The molecular weight excluding hydrogens is 200 g/mol. The van der Waals surface area contributed by atoms with E-state index in [-0.39, 0.29) is 5.91 Å². The van der Waals surface area contributed by atoms with Crippen LogP contribution in [0.4, 0.5) is 5.69 Å². The number of benzene rings is 1. The predicted molar refractivity (Wildman–Crippen MR) is 67.3 cm³/mol. The highest BCUT2D eigenvalue weighted by molar-refractivity contribution is 5.95. The molecule has 2 N–H and O–H groups in total. The summed E-state index contributed by atoms with van der Waals surface area (Å²) >= 11 is 0. The zero-order chi connectivity index (χ0) is 12.1. The third-order valence-electron chi connectivity index (χ3n) is 2.94. The maximum absolute atomic E-state index is 12.1. The summed E-state index contributed by atoms with van der Waals surface area (Å²) in [5, 5.41) is 0. The molecule has 0 spiro atoms. The van der Waals surface area contributed by atoms with Crippen LogP contribution in [0.3, 0.4) is 0 Å². The van der Waals surface area contributed by atoms with Crippen LogP contribution >= 0.6 is 0 Å². The van der Waals surface area contributed by atoms with E-state index in [4.69, 9.17) is 5.73 Å². The second-order valence-corrected chi connectivity index (χ2v) is 4.01. The third-order valence-corrected chi connectivity index (χ3v) is 2.94. The van der Waals surface area contributed by atoms with E-state index in [1.54, 1.807) is 23.1 Å². The summed E-state index contributed by atoms with van der Waals surface area (Å²) in [5.41, 5.74) is 6.96. The molecule has 16 heavy (non-hydrogen) atoms. The van der Waals surface area contributed by atoms with Gasteiger partial charge in [0.1, 0.15) is 0 Å². The number of rotatable bonds is 4. The molecule has 0 saturated heterocycles. The Bertz CT molecular complexity index is 359. The number of amides is 1. The van der Waals surface area contributed by atoms with Crippen molar-refractivity contribution in [2.45, 2.75) is 32.7 Å². The van der Waals surface area contributed by atoms with E-state index in [0.29, 0.717) is 17.3 Å². The Morgan fingerprint density at radius 2 is 2.00 bits per heavy atom. The van der Waals surface area contributed by atoms with E-state index in [0.717, 1.165) is 12.8 Å². The normalized spacial score (nSPS) is 10.5. The third kappa shape index (κ3) is 2.75. The van der Waals surface area contributed by atoms with Crippen LogP contribution in [0.2, 0.25) is 0 Å². The van der Waals surface area contributed by atoms with Crippen molar-refractivity contribution >= 4 is 11.6 Å². The molecule has 0 aromatic heterocycles. The van der Waals surface area contributed by atoms with Gasteiger partial charge in [0.2, 0.25) is 0 Å². The second kappa shape index (κ2) is 5.54. The highest BCUT2D eigenvalue weighted by atomic mass is 16.2. The fourth-order valence-corrected chi connectivity index (χ4v) is 1.88. The molecule has 88 valence electrons. The first-order chi connectivity index (χ1) is 7.60. The molecule has 3 nitrogen and oxygen atoms in total. The van der Waals surface area contributed by atoms with Crippen molar-refractivity contribution in [3.05, 3.63) is 29.8 Å². The molecule has 0 fully saturated rings. The minimum atomic E-state index is 0.0426. The number of nitrogens with two attached hydrogens (primary N) is 1. The molecule has 0 radical (unpaired) electrons. The Labute approximate surface area is 97.2 Å². The average molecular weight is 220 g/mol. The van der Waals surface area contributed by atoms with Crippen LogP contribution in [0.5, 0.6) is 0 Å². The molecule has 1 amide bonds. The van der Waals surface area contributed by atoms with Crippen molar-refractivity contribution in [2.24, 2.45) is 0 Å². The molecule has 0 atom stereocenters. The molecule has 1 rings (SSSR count). The number of nitrogens with zero attached hydrogens (tertiary/aromatic N) is 1. The lowest BCUT2D eigenvalue weighted by atomic mass is 10.1. The number of hydrogen-bond acceptors (Lipinski definition) is 2. The zero-order valence-electron chi connectivity index (χ0n) is 10.2. The molecule has 0 unspecified atom stereocenters. The summed E-state index contributed by atoms with van der Waals surface area (Å²) in [6.07, 6.45) is 1.95. The van der Waals surface area contributed by atoms with E-state index in [1.807, 2.05) is 13.1 Å². The van der Waals surface area contributed by atoms with Gasteiger partial charge in [0, 0.05) is 24.3 Å². The molecule has 3 heteroatoms. The van der Waals surface area contributed by atoms with E-state index in [1.165, 1.54) is 0 Å². The molecule has 0 aliphatic heterocycles. The predicted octanol–water partition coefficient (Wildman–Crippen LogP) is 2.53. The van der Waals surface area contributed by atoms with Crippen LogP contribution in [-0.2, 0) is 0 Å². The van der Waals surface area contributed by atoms with Crippen LogP contribution in [0.15, 0.2) is 24.3 Å². The van der Waals surface area contributed by atoms with E-state index < -0.39 is 0 Å². The highest BCUT2D eigenvalue weighted by Gasteiger charge is 2.17. The van der Waals surface area contributed by atoms with Gasteiger partial charge < -0.3 is 10.6 Å². The fraction of sp³-hybridized carbons (Fsp3) is 0.462. The van der Waals surface area contributed by atoms with E-state index in [2.05, 4.69) is 13.8 Å². The van der Waals surface area contributed by atoms with Crippen molar-refractivity contribution < 1.29 is 4.79 Å². The Hall–Kier alpha value is -1.51. The number of hydrogen-bond donors (Lipinski definition) is 1. The summed E-state index contributed by atoms with van der Waals surface area (Å²) < 4.78 is 0. The Morgan fingerprint density at radius 1 is 1.38 bits per heavy atom. The minimum Gasteiger partial charge on any atom is -0.399 e. The lowest BCUT2D eigenvalue weighted by Crippen LogP contribution is -2.36. The Kier molecular flexibility index (Phi) is 4.35. The molecule has 0 bridgehead atoms. The molecule has 0 aliphatic carbocycles. The molecule has 1 aromatic rings. The maximum Gasteiger partial charge on any atom is 0.253 e. The highest BCUT2D eigenvalue weighted by Crippen LogP contribution is 2.13. The summed E-state index contributed by atoms with van der Waals surface area (Å²) in [7, 11) is 1.85. The monoisotopic (exact) mass is 220 g/mol. The van der Waals surface area contributed by atoms with E-state index in [9.17, 15) is 4.79 Å². The van der Waals surface area contributed by atoms with Gasteiger partial charge in [0.05, 0.1) is 0 Å². The molecule has 1 aromatic carbocycles. The zero-order valence-corrected chi connectivity index (χ0v) is 10.2. The summed E-state index contributed by atoms with van der Waals surface area (Å²) in [4.78, 5) is 13.9. The van der Waals surface area contributed by atoms with Crippen molar-refractivity contribution in [1.82, 2.24) is 4.90 Å². The van der Waals surface area contributed by atoms with Gasteiger partial charge in [0.25, 0.3) is 5.91 Å². The van der Waals surface area contributed by atoms with Gasteiger partial charge in [-0.15, -0.1) is 0 Å². The average Bonchev–Trinajstić information content (AvgIpc) is 2.29. The topological polar surface area (TPSA) is 46.3 Å². The molecule has 0 heterocycles. The lowest BCUT2D eigenvalue weighted by molar-refractivity contribution is 0.0724. The van der Waals surface area contributed by atoms with Gasteiger partial charge in [-0.05, 0) is 31.0 Å². The van der Waals surface area contributed by atoms with Gasteiger partial charge >= 0.3 is 0 Å². The Balaban J connectivity index is 2.85. The number of nitrogen functional groups attached to an aromatic ring is 1. The number of carbonyl (C=O) groups excluding carboxylic acids is 1. The molecular formula is C13H20N2O. The summed E-state index contributed by atoms with van der Waals surface area (Å²) in [6.45, 7) is 4.19. The standard InChI is InChI=1S/C13H20N2O/c1-4-12(5-2)15(3)13(16)10-7-6-8-11(14)9-10/h6-9,12H,4-5,14H2,1-3H3. The Morgan fingerprint density at radius 3 is 2.50 bits per heavy atom. The van der Waals surface area contributed by atoms with Crippen molar-refractivity contribution in [3.63, 3.8) is 0 Å². The van der Waals surface area contributed by atoms with E-state index >= 15 is 0 Å². The maximum atomic E-state index is 12.1. The second-order valence-electron chi connectivity index (χ2n) is 4.01. The molecule has 0 saturated carbocycles. The van der Waals surface area contributed by atoms with Crippen molar-refractivity contribution in [2.75, 3.05) is 12.8 Å². The first-order valence-electron chi connectivity index (χ1n) is 5.72. The number of anilines is 1. The van der Waals surface area contributed by atoms with Crippen molar-refractivity contribution in [1.29, 1.82) is 0 Å². The van der Waals surface area contributed by atoms with Crippen molar-refractivity contribution in [3.8, 4) is 0 Å². The van der Waals surface area contributed by atoms with Crippen LogP contribution in [-0.4, -0.2) is 23.9 Å². The van der Waals surface area contributed by atoms with Gasteiger partial charge in [-0.3, -0.25) is 4.79 Å². The lowest BCUT2D eigenvalue weighted by Gasteiger charge is -2.26. The number of carbonyl (C=O) groups is 1. The van der Waals surface area contributed by atoms with Crippen LogP contribution in [0, 0.1) is 0 Å². The largest absolute Gasteiger partial charge is 0.399 e. The smallest absolute Gasteiger partial charge is 0.253 e. The van der Waals surface area contributed by atoms with Crippen LogP contribution in [0.1, 0.15) is 37.0 Å². The first-order valence-corrected chi connectivity index (χ1v) is 5.72. The summed E-state index contributed by atoms with van der Waals surface area (Å²) in [5.74, 6) is 0.0426. The molecule has 0 aliphatic rings. The van der Waals surface area contributed by atoms with Gasteiger partial charge in [0.15, 0.2) is 0 Å². The first kappa shape index (κ1) is 12.6. The van der Waals surface area contributed by atoms with Crippen LogP contribution in [0.25, 0.3) is 0 Å². The van der Waals surface area contributed by atoms with Gasteiger partial charge in [-0.1, -0.05) is 19.9 Å². The van der Waals surface area contributed by atoms with Gasteiger partial charge in [-0.2, -0.15) is 0 Å². The van der Waals surface area contributed by atoms with Crippen LogP contribution < -0.4 is 5.73 Å². The summed E-state index contributed by atoms with van der Waals surface area (Å²) in [6, 6.07) is 7.42. The quantitative estimate of drug-likeness (QED) is 0.792. The SMILES string of the molecule is CCC(CC)N(C)C(=O)c1cccc(N)c1.